The average molecular weight is 591 g/mol. The summed E-state index contributed by atoms with van der Waals surface area (Å²) in [5.41, 5.74) is 3.63. The van der Waals surface area contributed by atoms with E-state index in [1.54, 1.807) is 12.0 Å². The van der Waals surface area contributed by atoms with Crippen LogP contribution < -0.4 is 10.9 Å². The molecule has 5 N–H and O–H groups in total. The average Bonchev–Trinajstić information content (AvgIpc) is 2.95. The molecule has 0 spiro atoms. The third kappa shape index (κ3) is 14.5. The van der Waals surface area contributed by atoms with E-state index in [9.17, 15) is 9.36 Å². The summed E-state index contributed by atoms with van der Waals surface area (Å²) < 4.78 is 20.9. The molecule has 2 aromatic carbocycles. The first-order valence-corrected chi connectivity index (χ1v) is 16.5. The number of benzene rings is 2. The predicted octanol–water partition coefficient (Wildman–Crippen LogP) is 7.39. The number of phosphoric acid groups is 1. The molecule has 230 valence electrons. The summed E-state index contributed by atoms with van der Waals surface area (Å²) in [6.45, 7) is 0.230. The van der Waals surface area contributed by atoms with Gasteiger partial charge in [-0.05, 0) is 66.8 Å². The van der Waals surface area contributed by atoms with Gasteiger partial charge in [0.05, 0.1) is 13.7 Å². The van der Waals surface area contributed by atoms with E-state index < -0.39 is 7.82 Å². The van der Waals surface area contributed by atoms with Crippen molar-refractivity contribution >= 4 is 13.7 Å². The Hall–Kier alpha value is -2.22. The van der Waals surface area contributed by atoms with Crippen LogP contribution in [-0.4, -0.2) is 40.9 Å². The normalized spacial score (nSPS) is 13.9. The highest BCUT2D eigenvalue weighted by Crippen LogP contribution is 2.35. The molecule has 1 fully saturated rings. The number of amides is 1. The van der Waals surface area contributed by atoms with Crippen molar-refractivity contribution in [1.29, 1.82) is 0 Å². The Morgan fingerprint density at radius 1 is 0.902 bits per heavy atom. The lowest BCUT2D eigenvalue weighted by Crippen LogP contribution is -2.33. The quantitative estimate of drug-likeness (QED) is 0.122. The van der Waals surface area contributed by atoms with Crippen LogP contribution in [0.2, 0.25) is 0 Å². The second-order valence-corrected chi connectivity index (χ2v) is 12.4. The zero-order valence-corrected chi connectivity index (χ0v) is 25.7. The summed E-state index contributed by atoms with van der Waals surface area (Å²) in [7, 11) is -2.98. The number of carbonyl (C=O) groups excluding carboxylic acids is 1. The van der Waals surface area contributed by atoms with Gasteiger partial charge in [-0.1, -0.05) is 87.8 Å². The van der Waals surface area contributed by atoms with Gasteiger partial charge in [-0.2, -0.15) is 0 Å². The number of hydrogen-bond acceptors (Lipinski definition) is 5. The zero-order chi connectivity index (χ0) is 28.6. The Bertz CT molecular complexity index is 1050. The monoisotopic (exact) mass is 590 g/mol. The Kier molecular flexibility index (Phi) is 16.3. The van der Waals surface area contributed by atoms with Gasteiger partial charge >= 0.3 is 7.82 Å². The third-order valence-electron chi connectivity index (χ3n) is 7.91. The number of carbonyl (C=O) groups is 1. The van der Waals surface area contributed by atoms with Crippen LogP contribution in [0, 0.1) is 5.92 Å². The first-order valence-electron chi connectivity index (χ1n) is 15.0. The number of unbranched alkanes of at least 4 members (excludes halogenated alkanes) is 3. The minimum atomic E-state index is -4.58. The molecule has 0 saturated heterocycles. The summed E-state index contributed by atoms with van der Waals surface area (Å²) >= 11 is 0. The van der Waals surface area contributed by atoms with Crippen molar-refractivity contribution in [2.24, 2.45) is 5.92 Å². The minimum Gasteiger partial charge on any atom is -0.497 e. The number of rotatable bonds is 18. The maximum atomic E-state index is 13.0. The lowest BCUT2D eigenvalue weighted by Gasteiger charge is -2.23. The Balaban J connectivity index is 0.00000588. The van der Waals surface area contributed by atoms with Crippen molar-refractivity contribution in [3.8, 4) is 5.75 Å². The second kappa shape index (κ2) is 19.1. The number of nitrogens with zero attached hydrogens (tertiary/aromatic N) is 1. The van der Waals surface area contributed by atoms with E-state index >= 15 is 0 Å². The molecule has 0 aromatic heterocycles. The molecule has 0 aliphatic heterocycles. The zero-order valence-electron chi connectivity index (χ0n) is 24.8. The van der Waals surface area contributed by atoms with E-state index in [4.69, 9.17) is 14.5 Å². The van der Waals surface area contributed by atoms with Gasteiger partial charge in [0.15, 0.2) is 0 Å². The van der Waals surface area contributed by atoms with E-state index in [0.717, 1.165) is 42.9 Å². The van der Waals surface area contributed by atoms with Crippen molar-refractivity contribution < 1.29 is 28.4 Å². The Labute approximate surface area is 246 Å². The summed E-state index contributed by atoms with van der Waals surface area (Å²) in [5, 5.41) is 0. The van der Waals surface area contributed by atoms with Crippen molar-refractivity contribution in [2.45, 2.75) is 96.4 Å². The van der Waals surface area contributed by atoms with Crippen LogP contribution in [-0.2, 0) is 33.3 Å². The van der Waals surface area contributed by atoms with Crippen LogP contribution in [0.3, 0.4) is 0 Å². The summed E-state index contributed by atoms with van der Waals surface area (Å²) in [6, 6.07) is 16.3. The molecule has 1 saturated carbocycles. The van der Waals surface area contributed by atoms with Gasteiger partial charge in [0.25, 0.3) is 0 Å². The van der Waals surface area contributed by atoms with Crippen LogP contribution >= 0.6 is 7.82 Å². The van der Waals surface area contributed by atoms with Gasteiger partial charge in [-0.15, -0.1) is 0 Å². The highest BCUT2D eigenvalue weighted by Gasteiger charge is 2.18. The minimum absolute atomic E-state index is 0. The summed E-state index contributed by atoms with van der Waals surface area (Å²) in [5.74, 6) is 1.66. The van der Waals surface area contributed by atoms with E-state index in [1.807, 2.05) is 24.3 Å². The Morgan fingerprint density at radius 2 is 1.56 bits per heavy atom. The molecule has 9 heteroatoms. The largest absolute Gasteiger partial charge is 0.497 e. The van der Waals surface area contributed by atoms with Gasteiger partial charge in [0.2, 0.25) is 5.91 Å². The van der Waals surface area contributed by atoms with E-state index in [1.165, 1.54) is 68.9 Å². The molecule has 41 heavy (non-hydrogen) atoms. The highest BCUT2D eigenvalue weighted by molar-refractivity contribution is 7.46. The van der Waals surface area contributed by atoms with Crippen LogP contribution in [0.25, 0.3) is 0 Å². The first-order chi connectivity index (χ1) is 19.3. The number of aryl methyl sites for hydroxylation is 2. The topological polar surface area (TPSA) is 131 Å². The van der Waals surface area contributed by atoms with E-state index in [-0.39, 0.29) is 25.2 Å². The molecule has 1 aliphatic carbocycles. The van der Waals surface area contributed by atoms with Gasteiger partial charge in [-0.3, -0.25) is 9.32 Å². The standard InChI is InChI=1S/C32H48NO6P.H3N/c1-38-31-21-19-30(20-22-31)26-33(23-24-39-40(35,36)37)32(34)18-9-8-15-29-17-10-16-28(25-29)14-7-3-6-13-27-11-4-2-5-12-27;/h10,16-17,19-22,25,27H,2-9,11-15,18,23-24,26H2,1H3,(H2,35,36,37);1H3. The number of methoxy groups -OCH3 is 1. The number of hydrogen-bond donors (Lipinski definition) is 3. The summed E-state index contributed by atoms with van der Waals surface area (Å²) in [6.07, 6.45) is 16.6. The fourth-order valence-electron chi connectivity index (χ4n) is 5.63. The number of ether oxygens (including phenoxy) is 1. The van der Waals surface area contributed by atoms with Crippen LogP contribution in [0.15, 0.2) is 48.5 Å². The molecule has 1 amide bonds. The van der Waals surface area contributed by atoms with Crippen molar-refractivity contribution in [1.82, 2.24) is 11.1 Å². The van der Waals surface area contributed by atoms with Gasteiger partial charge in [-0.25, -0.2) is 4.57 Å². The highest BCUT2D eigenvalue weighted by atomic mass is 31.2. The van der Waals surface area contributed by atoms with E-state index in [2.05, 4.69) is 28.8 Å². The number of phosphoric ester groups is 1. The predicted molar refractivity (Wildman–Crippen MR) is 164 cm³/mol. The van der Waals surface area contributed by atoms with Crippen LogP contribution in [0.5, 0.6) is 5.75 Å². The molecule has 3 rings (SSSR count). The molecule has 0 atom stereocenters. The smallest absolute Gasteiger partial charge is 0.469 e. The molecule has 8 nitrogen and oxygen atoms in total. The molecule has 0 bridgehead atoms. The van der Waals surface area contributed by atoms with Crippen LogP contribution in [0.1, 0.15) is 93.7 Å². The van der Waals surface area contributed by atoms with Gasteiger partial charge < -0.3 is 25.6 Å². The molecular weight excluding hydrogens is 539 g/mol. The maximum absolute atomic E-state index is 13.0. The van der Waals surface area contributed by atoms with E-state index in [0.29, 0.717) is 13.0 Å². The van der Waals surface area contributed by atoms with Crippen molar-refractivity contribution in [3.63, 3.8) is 0 Å². The van der Waals surface area contributed by atoms with Crippen molar-refractivity contribution in [3.05, 3.63) is 65.2 Å². The van der Waals surface area contributed by atoms with Crippen LogP contribution in [0.4, 0.5) is 0 Å². The SMILES string of the molecule is COc1ccc(CN(CCOP(=O)(O)O)C(=O)CCCCc2cccc(CCCCCC3CCCCC3)c2)cc1.N. The lowest BCUT2D eigenvalue weighted by molar-refractivity contribution is -0.132. The lowest BCUT2D eigenvalue weighted by atomic mass is 9.85. The maximum Gasteiger partial charge on any atom is 0.469 e. The van der Waals surface area contributed by atoms with Gasteiger partial charge in [0.1, 0.15) is 5.75 Å². The molecule has 0 heterocycles. The third-order valence-corrected chi connectivity index (χ3v) is 8.42. The molecular formula is C32H51N2O6P. The fraction of sp³-hybridized carbons (Fsp3) is 0.594. The Morgan fingerprint density at radius 3 is 2.20 bits per heavy atom. The molecule has 0 radical (unpaired) electrons. The summed E-state index contributed by atoms with van der Waals surface area (Å²) in [4.78, 5) is 32.6. The second-order valence-electron chi connectivity index (χ2n) is 11.1. The van der Waals surface area contributed by atoms with Gasteiger partial charge in [0, 0.05) is 19.5 Å². The molecule has 1 aliphatic rings. The fourth-order valence-corrected chi connectivity index (χ4v) is 5.95. The first kappa shape index (κ1) is 35.0. The van der Waals surface area contributed by atoms with Crippen molar-refractivity contribution in [2.75, 3.05) is 20.3 Å². The molecule has 0 unspecified atom stereocenters. The molecule has 2 aromatic rings.